The molecule has 0 spiro atoms. The first-order valence-corrected chi connectivity index (χ1v) is 6.72. The van der Waals surface area contributed by atoms with Crippen LogP contribution in [0.4, 0.5) is 0 Å². The molecule has 2 heteroatoms. The van der Waals surface area contributed by atoms with Gasteiger partial charge in [-0.3, -0.25) is 0 Å². The summed E-state index contributed by atoms with van der Waals surface area (Å²) in [5.74, 6) is 0.768. The van der Waals surface area contributed by atoms with Crippen LogP contribution in [-0.4, -0.2) is 24.8 Å². The second kappa shape index (κ2) is 3.85. The number of hydrogen-bond donors (Lipinski definition) is 1. The second-order valence-corrected chi connectivity index (χ2v) is 6.20. The second-order valence-electron chi connectivity index (χ2n) is 6.20. The van der Waals surface area contributed by atoms with Crippen LogP contribution in [0.25, 0.3) is 0 Å². The molecule has 1 saturated heterocycles. The highest BCUT2D eigenvalue weighted by molar-refractivity contribution is 5.12. The molecule has 0 aromatic rings. The molecule has 1 saturated carbocycles. The van der Waals surface area contributed by atoms with Crippen LogP contribution in [0.1, 0.15) is 39.5 Å². The minimum absolute atomic E-state index is 0.327. The van der Waals surface area contributed by atoms with Crippen molar-refractivity contribution in [2.75, 3.05) is 6.61 Å². The highest BCUT2D eigenvalue weighted by Crippen LogP contribution is 2.51. The van der Waals surface area contributed by atoms with Crippen LogP contribution in [0.3, 0.4) is 0 Å². The molecule has 2 aliphatic carbocycles. The maximum atomic E-state index is 5.93. The fourth-order valence-corrected chi connectivity index (χ4v) is 3.87. The number of ether oxygens (including phenoxy) is 1. The van der Waals surface area contributed by atoms with Gasteiger partial charge < -0.3 is 10.1 Å². The van der Waals surface area contributed by atoms with Gasteiger partial charge in [0.15, 0.2) is 0 Å². The minimum atomic E-state index is 0.327. The Bertz CT molecular complexity index is 289. The van der Waals surface area contributed by atoms with Crippen LogP contribution < -0.4 is 5.32 Å². The van der Waals surface area contributed by atoms with Gasteiger partial charge >= 0.3 is 0 Å². The molecule has 3 atom stereocenters. The number of nitrogens with one attached hydrogen (secondary N) is 1. The standard InChI is InChI=1S/C14H23NO/c1-14(2)12(15-10-6-3-4-7-10)11-8-5-9-16-13(11)14/h3-4,10-13,15H,5-9H2,1-2H3. The molecule has 0 aromatic heterocycles. The lowest BCUT2D eigenvalue weighted by molar-refractivity contribution is -0.194. The van der Waals surface area contributed by atoms with E-state index in [1.165, 1.54) is 25.7 Å². The van der Waals surface area contributed by atoms with E-state index >= 15 is 0 Å². The Morgan fingerprint density at radius 3 is 2.75 bits per heavy atom. The topological polar surface area (TPSA) is 21.3 Å². The summed E-state index contributed by atoms with van der Waals surface area (Å²) in [7, 11) is 0. The molecule has 0 bridgehead atoms. The Balaban J connectivity index is 1.65. The van der Waals surface area contributed by atoms with Gasteiger partial charge in [-0.05, 0) is 25.7 Å². The SMILES string of the molecule is CC1(C)C(NC2CC=CC2)C2CCCOC21. The van der Waals surface area contributed by atoms with Gasteiger partial charge in [-0.15, -0.1) is 0 Å². The zero-order valence-electron chi connectivity index (χ0n) is 10.4. The summed E-state index contributed by atoms with van der Waals surface area (Å²) in [5.41, 5.74) is 0.327. The van der Waals surface area contributed by atoms with Crippen molar-refractivity contribution in [3.05, 3.63) is 12.2 Å². The molecule has 0 amide bonds. The van der Waals surface area contributed by atoms with Crippen molar-refractivity contribution in [1.82, 2.24) is 5.32 Å². The van der Waals surface area contributed by atoms with E-state index in [0.717, 1.165) is 12.5 Å². The van der Waals surface area contributed by atoms with E-state index in [4.69, 9.17) is 4.74 Å². The highest BCUT2D eigenvalue weighted by Gasteiger charge is 2.57. The third-order valence-corrected chi connectivity index (χ3v) is 4.75. The quantitative estimate of drug-likeness (QED) is 0.723. The molecule has 16 heavy (non-hydrogen) atoms. The average Bonchev–Trinajstić information content (AvgIpc) is 2.79. The van der Waals surface area contributed by atoms with Gasteiger partial charge in [-0.25, -0.2) is 0 Å². The van der Waals surface area contributed by atoms with E-state index in [9.17, 15) is 0 Å². The van der Waals surface area contributed by atoms with Crippen LogP contribution in [-0.2, 0) is 4.74 Å². The third-order valence-electron chi connectivity index (χ3n) is 4.75. The number of rotatable bonds is 2. The van der Waals surface area contributed by atoms with Gasteiger partial charge in [0.1, 0.15) is 0 Å². The normalized spacial score (nSPS) is 41.8. The first-order chi connectivity index (χ1) is 7.69. The van der Waals surface area contributed by atoms with Crippen LogP contribution in [0, 0.1) is 11.3 Å². The molecular weight excluding hydrogens is 198 g/mol. The zero-order valence-corrected chi connectivity index (χ0v) is 10.4. The molecule has 1 aliphatic heterocycles. The summed E-state index contributed by atoms with van der Waals surface area (Å²) in [4.78, 5) is 0. The molecular formula is C14H23NO. The molecule has 0 aromatic carbocycles. The first-order valence-electron chi connectivity index (χ1n) is 6.72. The number of fused-ring (bicyclic) bond motifs is 1. The summed E-state index contributed by atoms with van der Waals surface area (Å²) in [6.07, 6.45) is 10.1. The molecule has 2 nitrogen and oxygen atoms in total. The lowest BCUT2D eigenvalue weighted by Gasteiger charge is -2.60. The Labute approximate surface area is 98.4 Å². The summed E-state index contributed by atoms with van der Waals surface area (Å²) >= 11 is 0. The number of hydrogen-bond acceptors (Lipinski definition) is 2. The molecule has 3 unspecified atom stereocenters. The van der Waals surface area contributed by atoms with E-state index in [1.54, 1.807) is 0 Å². The van der Waals surface area contributed by atoms with E-state index in [1.807, 2.05) is 0 Å². The zero-order chi connectivity index (χ0) is 11.2. The smallest absolute Gasteiger partial charge is 0.0684 e. The van der Waals surface area contributed by atoms with Gasteiger partial charge in [0.05, 0.1) is 6.10 Å². The van der Waals surface area contributed by atoms with Crippen molar-refractivity contribution < 1.29 is 4.74 Å². The van der Waals surface area contributed by atoms with Crippen molar-refractivity contribution >= 4 is 0 Å². The summed E-state index contributed by atoms with van der Waals surface area (Å²) in [5, 5.41) is 3.86. The first kappa shape index (κ1) is 10.8. The highest BCUT2D eigenvalue weighted by atomic mass is 16.5. The van der Waals surface area contributed by atoms with Gasteiger partial charge in [0.25, 0.3) is 0 Å². The fraction of sp³-hybridized carbons (Fsp3) is 0.857. The fourth-order valence-electron chi connectivity index (χ4n) is 3.87. The molecule has 2 fully saturated rings. The Morgan fingerprint density at radius 1 is 1.25 bits per heavy atom. The van der Waals surface area contributed by atoms with E-state index < -0.39 is 0 Å². The van der Waals surface area contributed by atoms with Crippen LogP contribution >= 0.6 is 0 Å². The maximum absolute atomic E-state index is 5.93. The molecule has 3 rings (SSSR count). The van der Waals surface area contributed by atoms with Gasteiger partial charge in [-0.2, -0.15) is 0 Å². The minimum Gasteiger partial charge on any atom is -0.377 e. The predicted molar refractivity (Wildman–Crippen MR) is 65.3 cm³/mol. The molecule has 1 N–H and O–H groups in total. The van der Waals surface area contributed by atoms with Crippen LogP contribution in [0.2, 0.25) is 0 Å². The van der Waals surface area contributed by atoms with Gasteiger partial charge in [-0.1, -0.05) is 26.0 Å². The van der Waals surface area contributed by atoms with Crippen LogP contribution in [0.15, 0.2) is 12.2 Å². The van der Waals surface area contributed by atoms with E-state index in [2.05, 4.69) is 31.3 Å². The Hall–Kier alpha value is -0.340. The third kappa shape index (κ3) is 1.54. The summed E-state index contributed by atoms with van der Waals surface area (Å²) in [6, 6.07) is 1.36. The molecule has 0 radical (unpaired) electrons. The average molecular weight is 221 g/mol. The van der Waals surface area contributed by atoms with Crippen molar-refractivity contribution in [3.63, 3.8) is 0 Å². The van der Waals surface area contributed by atoms with Gasteiger partial charge in [0.2, 0.25) is 0 Å². The maximum Gasteiger partial charge on any atom is 0.0684 e. The Kier molecular flexibility index (Phi) is 2.60. The van der Waals surface area contributed by atoms with Crippen molar-refractivity contribution in [1.29, 1.82) is 0 Å². The Morgan fingerprint density at radius 2 is 2.00 bits per heavy atom. The summed E-state index contributed by atoms with van der Waals surface area (Å²) in [6.45, 7) is 5.70. The van der Waals surface area contributed by atoms with E-state index in [0.29, 0.717) is 23.6 Å². The lowest BCUT2D eigenvalue weighted by Crippen LogP contribution is -2.70. The van der Waals surface area contributed by atoms with Crippen molar-refractivity contribution in [2.24, 2.45) is 11.3 Å². The summed E-state index contributed by atoms with van der Waals surface area (Å²) < 4.78 is 5.93. The van der Waals surface area contributed by atoms with Crippen LogP contribution in [0.5, 0.6) is 0 Å². The van der Waals surface area contributed by atoms with E-state index in [-0.39, 0.29) is 0 Å². The molecule has 90 valence electrons. The predicted octanol–water partition coefficient (Wildman–Crippen LogP) is 2.50. The van der Waals surface area contributed by atoms with Gasteiger partial charge in [0, 0.05) is 30.0 Å². The monoisotopic (exact) mass is 221 g/mol. The van der Waals surface area contributed by atoms with Crippen molar-refractivity contribution in [3.8, 4) is 0 Å². The molecule has 3 aliphatic rings. The lowest BCUT2D eigenvalue weighted by atomic mass is 9.55. The van der Waals surface area contributed by atoms with Crippen molar-refractivity contribution in [2.45, 2.75) is 57.7 Å². The largest absolute Gasteiger partial charge is 0.377 e. The molecule has 1 heterocycles.